The van der Waals surface area contributed by atoms with Crippen LogP contribution in [0.3, 0.4) is 0 Å². The molecular formula is C54H64N12O7S. The summed E-state index contributed by atoms with van der Waals surface area (Å²) in [6.07, 6.45) is 9.16. The molecule has 74 heavy (non-hydrogen) atoms. The molecule has 0 radical (unpaired) electrons. The number of aryl methyl sites for hydroxylation is 3. The molecule has 1 unspecified atom stereocenters. The van der Waals surface area contributed by atoms with Gasteiger partial charge in [-0.05, 0) is 74.3 Å². The Kier molecular flexibility index (Phi) is 15.3. The molecule has 1 aromatic carbocycles. The molecule has 388 valence electrons. The van der Waals surface area contributed by atoms with Gasteiger partial charge < -0.3 is 25.1 Å². The van der Waals surface area contributed by atoms with Crippen molar-refractivity contribution in [3.05, 3.63) is 110 Å². The first-order chi connectivity index (χ1) is 35.4. The van der Waals surface area contributed by atoms with Crippen molar-refractivity contribution in [1.82, 2.24) is 54.6 Å². The molecule has 7 heterocycles. The fraction of sp³-hybridized carbons (Fsp3) is 0.481. The Morgan fingerprint density at radius 1 is 0.919 bits per heavy atom. The zero-order chi connectivity index (χ0) is 52.4. The van der Waals surface area contributed by atoms with Crippen molar-refractivity contribution in [2.24, 2.45) is 5.41 Å². The van der Waals surface area contributed by atoms with Crippen LogP contribution in [0.5, 0.6) is 0 Å². The van der Waals surface area contributed by atoms with Crippen molar-refractivity contribution >= 4 is 57.3 Å². The predicted octanol–water partition coefficient (Wildman–Crippen LogP) is 5.01. The summed E-state index contributed by atoms with van der Waals surface area (Å²) in [7, 11) is 0. The van der Waals surface area contributed by atoms with E-state index in [1.165, 1.54) is 16.5 Å². The molecule has 19 nitrogen and oxygen atoms in total. The van der Waals surface area contributed by atoms with Crippen LogP contribution in [0.25, 0.3) is 21.5 Å². The number of piperazine rings is 1. The van der Waals surface area contributed by atoms with Gasteiger partial charge in [-0.2, -0.15) is 0 Å². The first kappa shape index (κ1) is 51.8. The van der Waals surface area contributed by atoms with Gasteiger partial charge in [-0.3, -0.25) is 38.3 Å². The van der Waals surface area contributed by atoms with Gasteiger partial charge in [0.25, 0.3) is 5.56 Å². The Morgan fingerprint density at radius 2 is 1.66 bits per heavy atom. The van der Waals surface area contributed by atoms with Crippen molar-refractivity contribution < 1.29 is 29.1 Å². The second kappa shape index (κ2) is 21.8. The van der Waals surface area contributed by atoms with Crippen LogP contribution in [-0.4, -0.2) is 135 Å². The lowest BCUT2D eigenvalue weighted by Gasteiger charge is -2.36. The van der Waals surface area contributed by atoms with E-state index in [4.69, 9.17) is 9.97 Å². The van der Waals surface area contributed by atoms with Crippen molar-refractivity contribution in [1.29, 1.82) is 0 Å². The smallest absolute Gasteiger partial charge is 0.263 e. The van der Waals surface area contributed by atoms with Crippen LogP contribution in [-0.2, 0) is 45.0 Å². The SMILES string of the molecule is CC(=O)c1c(C)c2cnc(Cc3ccc(N4CCN(C(=O)Cc5cn(CC(=O)N[C@H](C(=O)N6C[C@H](O)CC6C(=O)CCc6ccc(-c7scnc7C)cc6)C(C)(C)C)nn5)CC4)cn3)nc2n(C2CCCC2)c1=O. The van der Waals surface area contributed by atoms with Crippen molar-refractivity contribution in [3.63, 3.8) is 0 Å². The molecule has 2 saturated heterocycles. The summed E-state index contributed by atoms with van der Waals surface area (Å²) in [4.78, 5) is 106. The van der Waals surface area contributed by atoms with Crippen molar-refractivity contribution in [2.75, 3.05) is 37.6 Å². The highest BCUT2D eigenvalue weighted by molar-refractivity contribution is 7.13. The molecule has 6 aromatic rings. The second-order valence-corrected chi connectivity index (χ2v) is 21.9. The Hall–Kier alpha value is -7.06. The number of aromatic nitrogens is 8. The minimum absolute atomic E-state index is 0.00334. The van der Waals surface area contributed by atoms with Crippen LogP contribution in [0.15, 0.2) is 65.3 Å². The molecule has 3 atom stereocenters. The molecule has 1 aliphatic carbocycles. The van der Waals surface area contributed by atoms with Crippen LogP contribution in [0.2, 0.25) is 0 Å². The predicted molar refractivity (Wildman–Crippen MR) is 279 cm³/mol. The van der Waals surface area contributed by atoms with Gasteiger partial charge in [-0.15, -0.1) is 16.4 Å². The normalized spacial score (nSPS) is 17.8. The summed E-state index contributed by atoms with van der Waals surface area (Å²) < 4.78 is 3.05. The van der Waals surface area contributed by atoms with Crippen LogP contribution in [0, 0.1) is 19.3 Å². The zero-order valence-electron chi connectivity index (χ0n) is 42.9. The number of pyridine rings is 2. The number of nitrogens with zero attached hydrogens (tertiary/aromatic N) is 11. The highest BCUT2D eigenvalue weighted by Crippen LogP contribution is 2.33. The van der Waals surface area contributed by atoms with Gasteiger partial charge in [0.05, 0.1) is 64.2 Å². The number of likely N-dealkylation sites (tertiary alicyclic amines) is 1. The Bertz CT molecular complexity index is 3130. The highest BCUT2D eigenvalue weighted by Gasteiger charge is 2.44. The summed E-state index contributed by atoms with van der Waals surface area (Å²) in [5.41, 5.74) is 7.27. The lowest BCUT2D eigenvalue weighted by atomic mass is 9.85. The number of aliphatic hydroxyl groups is 1. The maximum Gasteiger partial charge on any atom is 0.263 e. The zero-order valence-corrected chi connectivity index (χ0v) is 43.7. The molecule has 20 heteroatoms. The molecule has 1 saturated carbocycles. The summed E-state index contributed by atoms with van der Waals surface area (Å²) in [6.45, 7) is 12.6. The van der Waals surface area contributed by atoms with E-state index in [1.54, 1.807) is 40.1 Å². The number of fused-ring (bicyclic) bond motifs is 1. The van der Waals surface area contributed by atoms with Gasteiger partial charge >= 0.3 is 0 Å². The molecule has 3 aliphatic rings. The quantitative estimate of drug-likeness (QED) is 0.121. The molecule has 2 N–H and O–H groups in total. The van der Waals surface area contributed by atoms with E-state index in [-0.39, 0.29) is 67.0 Å². The fourth-order valence-corrected chi connectivity index (χ4v) is 11.4. The number of aliphatic hydroxyl groups excluding tert-OH is 1. The Labute approximate surface area is 433 Å². The van der Waals surface area contributed by atoms with Crippen molar-refractivity contribution in [3.8, 4) is 10.4 Å². The number of carbonyl (C=O) groups is 5. The third-order valence-electron chi connectivity index (χ3n) is 14.6. The van der Waals surface area contributed by atoms with Gasteiger partial charge in [0.15, 0.2) is 11.6 Å². The average molecular weight is 1030 g/mol. The van der Waals surface area contributed by atoms with E-state index in [1.807, 2.05) is 75.8 Å². The van der Waals surface area contributed by atoms with E-state index >= 15 is 0 Å². The minimum atomic E-state index is -1.00. The van der Waals surface area contributed by atoms with Crippen LogP contribution < -0.4 is 15.8 Å². The number of carbonyl (C=O) groups excluding carboxylic acids is 5. The third kappa shape index (κ3) is 11.4. The Morgan fingerprint density at radius 3 is 2.32 bits per heavy atom. The number of anilines is 1. The fourth-order valence-electron chi connectivity index (χ4n) is 10.6. The molecule has 0 bridgehead atoms. The van der Waals surface area contributed by atoms with Gasteiger partial charge in [0.2, 0.25) is 17.7 Å². The highest BCUT2D eigenvalue weighted by atomic mass is 32.1. The molecule has 0 spiro atoms. The lowest BCUT2D eigenvalue weighted by molar-refractivity contribution is -0.143. The summed E-state index contributed by atoms with van der Waals surface area (Å²) in [5.74, 6) is -0.919. The van der Waals surface area contributed by atoms with Gasteiger partial charge in [-0.1, -0.05) is 63.1 Å². The van der Waals surface area contributed by atoms with Crippen LogP contribution in [0.4, 0.5) is 5.69 Å². The first-order valence-electron chi connectivity index (χ1n) is 25.5. The number of hydrogen-bond acceptors (Lipinski definition) is 15. The largest absolute Gasteiger partial charge is 0.391 e. The standard InChI is InChI=1S/C54H64N12O7S/c1-32-42-27-56-45(58-51(42)66(39-9-7-8-10-39)52(72)48(32)34(3)67)23-37-16-17-40(26-55-37)62-19-21-63(22-20-62)47(71)24-38-28-64(61-60-38)30-46(70)59-50(54(4,5)6)53(73)65-29-41(68)25-43(65)44(69)18-13-35-11-14-36(15-12-35)49-33(2)57-31-74-49/h11-12,14-17,26-28,31,39,41,43,50,68H,7-10,13,18-25,29-30H2,1-6H3,(H,59,70)/t41-,43?,50-/m1/s1. The Balaban J connectivity index is 0.750. The van der Waals surface area contributed by atoms with E-state index in [0.717, 1.165) is 58.8 Å². The number of thiazole rings is 1. The molecule has 3 fully saturated rings. The number of ketones is 2. The second-order valence-electron chi connectivity index (χ2n) is 21.0. The van der Waals surface area contributed by atoms with E-state index in [2.05, 4.69) is 30.5 Å². The van der Waals surface area contributed by atoms with Gasteiger partial charge in [0, 0.05) is 75.1 Å². The van der Waals surface area contributed by atoms with E-state index in [0.29, 0.717) is 67.1 Å². The third-order valence-corrected chi connectivity index (χ3v) is 15.6. The molecule has 9 rings (SSSR count). The summed E-state index contributed by atoms with van der Waals surface area (Å²) in [5, 5.41) is 22.5. The summed E-state index contributed by atoms with van der Waals surface area (Å²) >= 11 is 1.58. The minimum Gasteiger partial charge on any atom is -0.391 e. The van der Waals surface area contributed by atoms with Crippen LogP contribution in [0.1, 0.15) is 117 Å². The molecular weight excluding hydrogens is 961 g/mol. The molecule has 5 aromatic heterocycles. The van der Waals surface area contributed by atoms with Gasteiger partial charge in [0.1, 0.15) is 24.1 Å². The number of benzene rings is 1. The maximum atomic E-state index is 14.2. The first-order valence-corrected chi connectivity index (χ1v) is 26.4. The average Bonchev–Trinajstić information content (AvgIpc) is 4.23. The van der Waals surface area contributed by atoms with E-state index < -0.39 is 35.4 Å². The number of rotatable bonds is 16. The number of hydrogen-bond donors (Lipinski definition) is 2. The molecule has 2 aliphatic heterocycles. The number of nitrogens with one attached hydrogen (secondary N) is 1. The topological polar surface area (TPSA) is 232 Å². The van der Waals surface area contributed by atoms with E-state index in [9.17, 15) is 33.9 Å². The summed E-state index contributed by atoms with van der Waals surface area (Å²) in [6, 6.07) is 10.1. The van der Waals surface area contributed by atoms with Gasteiger partial charge in [-0.25, -0.2) is 19.6 Å². The number of β-amino-alcohol motifs (C(OH)–C–C–N with tert-alkyl or cyclic N) is 1. The molecule has 3 amide bonds. The number of amides is 3. The maximum absolute atomic E-state index is 14.2. The lowest BCUT2D eigenvalue weighted by Crippen LogP contribution is -2.57. The van der Waals surface area contributed by atoms with Crippen molar-refractivity contribution in [2.45, 2.75) is 130 Å². The van der Waals surface area contributed by atoms with Crippen LogP contribution >= 0.6 is 11.3 Å². The number of Topliss-reactive ketones (excluding diaryl/α,β-unsaturated/α-hetero) is 2. The monoisotopic (exact) mass is 1020 g/mol.